The third-order valence-corrected chi connectivity index (χ3v) is 5.64. The van der Waals surface area contributed by atoms with Crippen molar-refractivity contribution in [3.63, 3.8) is 0 Å². The standard InChI is InChI=1S/C13H19BrOS/c1-9-2-4-10(5-3-9)12(15)8-13-11(14)6-7-16-13/h6-7,9-10,12,15H,2-5,8H2,1H3. The molecule has 1 heterocycles. The van der Waals surface area contributed by atoms with Crippen LogP contribution in [-0.4, -0.2) is 11.2 Å². The molecule has 1 aromatic heterocycles. The molecule has 0 aliphatic heterocycles. The van der Waals surface area contributed by atoms with Crippen molar-refractivity contribution in [1.82, 2.24) is 0 Å². The van der Waals surface area contributed by atoms with Gasteiger partial charge in [-0.05, 0) is 52.1 Å². The maximum atomic E-state index is 10.2. The largest absolute Gasteiger partial charge is 0.392 e. The van der Waals surface area contributed by atoms with Gasteiger partial charge in [-0.2, -0.15) is 0 Å². The fourth-order valence-electron chi connectivity index (χ4n) is 2.50. The summed E-state index contributed by atoms with van der Waals surface area (Å²) in [6.45, 7) is 2.32. The summed E-state index contributed by atoms with van der Waals surface area (Å²) < 4.78 is 1.15. The van der Waals surface area contributed by atoms with Gasteiger partial charge in [0.15, 0.2) is 0 Å². The molecule has 2 rings (SSSR count). The van der Waals surface area contributed by atoms with E-state index in [1.807, 2.05) is 0 Å². The number of rotatable bonds is 3. The van der Waals surface area contributed by atoms with Crippen LogP contribution in [0, 0.1) is 11.8 Å². The predicted octanol–water partition coefficient (Wildman–Crippen LogP) is 4.24. The van der Waals surface area contributed by atoms with Crippen molar-refractivity contribution in [3.8, 4) is 0 Å². The van der Waals surface area contributed by atoms with Crippen LogP contribution in [0.3, 0.4) is 0 Å². The monoisotopic (exact) mass is 302 g/mol. The summed E-state index contributed by atoms with van der Waals surface area (Å²) >= 11 is 5.26. The first-order valence-electron chi connectivity index (χ1n) is 6.06. The average Bonchev–Trinajstić information content (AvgIpc) is 2.65. The first-order valence-corrected chi connectivity index (χ1v) is 7.74. The Morgan fingerprint density at radius 3 is 2.69 bits per heavy atom. The lowest BCUT2D eigenvalue weighted by molar-refractivity contribution is 0.0766. The summed E-state index contributed by atoms with van der Waals surface area (Å²) in [5.41, 5.74) is 0. The lowest BCUT2D eigenvalue weighted by Crippen LogP contribution is -2.26. The van der Waals surface area contributed by atoms with E-state index in [1.54, 1.807) is 11.3 Å². The molecule has 0 aromatic carbocycles. The van der Waals surface area contributed by atoms with Crippen molar-refractivity contribution in [3.05, 3.63) is 20.8 Å². The molecule has 0 amide bonds. The van der Waals surface area contributed by atoms with Crippen LogP contribution in [0.5, 0.6) is 0 Å². The molecule has 16 heavy (non-hydrogen) atoms. The zero-order chi connectivity index (χ0) is 11.5. The number of aliphatic hydroxyl groups is 1. The Labute approximate surface area is 110 Å². The van der Waals surface area contributed by atoms with Crippen molar-refractivity contribution < 1.29 is 5.11 Å². The Morgan fingerprint density at radius 1 is 1.44 bits per heavy atom. The summed E-state index contributed by atoms with van der Waals surface area (Å²) in [4.78, 5) is 1.28. The van der Waals surface area contributed by atoms with Crippen LogP contribution in [0.4, 0.5) is 0 Å². The minimum atomic E-state index is -0.151. The molecule has 1 atom stereocenters. The number of halogens is 1. The second kappa shape index (κ2) is 5.65. The Balaban J connectivity index is 1.88. The smallest absolute Gasteiger partial charge is 0.0616 e. The highest BCUT2D eigenvalue weighted by Crippen LogP contribution is 2.33. The number of hydrogen-bond donors (Lipinski definition) is 1. The maximum Gasteiger partial charge on any atom is 0.0616 e. The van der Waals surface area contributed by atoms with E-state index >= 15 is 0 Å². The van der Waals surface area contributed by atoms with Crippen LogP contribution < -0.4 is 0 Å². The van der Waals surface area contributed by atoms with E-state index < -0.39 is 0 Å². The molecular weight excluding hydrogens is 284 g/mol. The molecule has 0 saturated heterocycles. The van der Waals surface area contributed by atoms with Crippen LogP contribution in [-0.2, 0) is 6.42 Å². The minimum Gasteiger partial charge on any atom is -0.392 e. The summed E-state index contributed by atoms with van der Waals surface area (Å²) in [7, 11) is 0. The van der Waals surface area contributed by atoms with Gasteiger partial charge in [0.1, 0.15) is 0 Å². The van der Waals surface area contributed by atoms with E-state index in [0.717, 1.165) is 16.8 Å². The molecule has 1 saturated carbocycles. The SMILES string of the molecule is CC1CCC(C(O)Cc2sccc2Br)CC1. The zero-order valence-corrected chi connectivity index (χ0v) is 12.1. The number of hydrogen-bond acceptors (Lipinski definition) is 2. The molecule has 90 valence electrons. The van der Waals surface area contributed by atoms with E-state index in [0.29, 0.717) is 5.92 Å². The van der Waals surface area contributed by atoms with E-state index in [9.17, 15) is 5.11 Å². The summed E-state index contributed by atoms with van der Waals surface area (Å²) in [5.74, 6) is 1.38. The molecule has 1 nitrogen and oxygen atoms in total. The Morgan fingerprint density at radius 2 is 2.12 bits per heavy atom. The molecule has 1 fully saturated rings. The van der Waals surface area contributed by atoms with E-state index in [2.05, 4.69) is 34.3 Å². The normalized spacial score (nSPS) is 27.9. The highest BCUT2D eigenvalue weighted by molar-refractivity contribution is 9.10. The van der Waals surface area contributed by atoms with Gasteiger partial charge >= 0.3 is 0 Å². The second-order valence-corrected chi connectivity index (χ2v) is 6.84. The van der Waals surface area contributed by atoms with E-state index in [4.69, 9.17) is 0 Å². The van der Waals surface area contributed by atoms with Crippen LogP contribution in [0.1, 0.15) is 37.5 Å². The lowest BCUT2D eigenvalue weighted by atomic mass is 9.79. The maximum absolute atomic E-state index is 10.2. The Hall–Kier alpha value is 0.140. The van der Waals surface area contributed by atoms with Crippen molar-refractivity contribution in [2.45, 2.75) is 45.1 Å². The van der Waals surface area contributed by atoms with Crippen molar-refractivity contribution in [2.24, 2.45) is 11.8 Å². The van der Waals surface area contributed by atoms with Crippen molar-refractivity contribution >= 4 is 27.3 Å². The van der Waals surface area contributed by atoms with Crippen molar-refractivity contribution in [1.29, 1.82) is 0 Å². The summed E-state index contributed by atoms with van der Waals surface area (Å²) in [6.07, 6.45) is 5.64. The predicted molar refractivity (Wildman–Crippen MR) is 72.9 cm³/mol. The molecule has 1 aliphatic rings. The first kappa shape index (κ1) is 12.6. The molecule has 1 aliphatic carbocycles. The number of aliphatic hydroxyl groups excluding tert-OH is 1. The zero-order valence-electron chi connectivity index (χ0n) is 9.66. The van der Waals surface area contributed by atoms with Gasteiger partial charge in [-0.1, -0.05) is 19.8 Å². The van der Waals surface area contributed by atoms with Crippen LogP contribution in [0.15, 0.2) is 15.9 Å². The fourth-order valence-corrected chi connectivity index (χ4v) is 4.06. The summed E-state index contributed by atoms with van der Waals surface area (Å²) in [6, 6.07) is 2.07. The Kier molecular flexibility index (Phi) is 4.45. The average molecular weight is 303 g/mol. The second-order valence-electron chi connectivity index (χ2n) is 4.98. The Bertz CT molecular complexity index is 328. The van der Waals surface area contributed by atoms with Gasteiger partial charge in [0.25, 0.3) is 0 Å². The van der Waals surface area contributed by atoms with E-state index in [1.165, 1.54) is 30.6 Å². The van der Waals surface area contributed by atoms with Crippen molar-refractivity contribution in [2.75, 3.05) is 0 Å². The highest BCUT2D eigenvalue weighted by Gasteiger charge is 2.25. The third kappa shape index (κ3) is 3.08. The molecule has 0 bridgehead atoms. The van der Waals surface area contributed by atoms with E-state index in [-0.39, 0.29) is 6.10 Å². The first-order chi connectivity index (χ1) is 7.66. The van der Waals surface area contributed by atoms with Gasteiger partial charge in [0, 0.05) is 15.8 Å². The molecule has 0 radical (unpaired) electrons. The highest BCUT2D eigenvalue weighted by atomic mass is 79.9. The van der Waals surface area contributed by atoms with Crippen LogP contribution in [0.25, 0.3) is 0 Å². The molecule has 3 heteroatoms. The quantitative estimate of drug-likeness (QED) is 0.885. The van der Waals surface area contributed by atoms with Gasteiger partial charge in [0.05, 0.1) is 6.10 Å². The van der Waals surface area contributed by atoms with Gasteiger partial charge in [-0.3, -0.25) is 0 Å². The third-order valence-electron chi connectivity index (χ3n) is 3.69. The van der Waals surface area contributed by atoms with Gasteiger partial charge < -0.3 is 5.11 Å². The van der Waals surface area contributed by atoms with Gasteiger partial charge in [0.2, 0.25) is 0 Å². The topological polar surface area (TPSA) is 20.2 Å². The van der Waals surface area contributed by atoms with Crippen LogP contribution in [0.2, 0.25) is 0 Å². The van der Waals surface area contributed by atoms with Gasteiger partial charge in [-0.25, -0.2) is 0 Å². The molecule has 1 aromatic rings. The minimum absolute atomic E-state index is 0.151. The van der Waals surface area contributed by atoms with Gasteiger partial charge in [-0.15, -0.1) is 11.3 Å². The van der Waals surface area contributed by atoms with Crippen LogP contribution >= 0.6 is 27.3 Å². The molecule has 0 spiro atoms. The molecular formula is C13H19BrOS. The lowest BCUT2D eigenvalue weighted by Gasteiger charge is -2.29. The molecule has 1 unspecified atom stereocenters. The number of thiophene rings is 1. The fraction of sp³-hybridized carbons (Fsp3) is 0.692. The molecule has 1 N–H and O–H groups in total. The summed E-state index contributed by atoms with van der Waals surface area (Å²) in [5, 5.41) is 12.3.